The quantitative estimate of drug-likeness (QED) is 0.704. The van der Waals surface area contributed by atoms with Crippen LogP contribution in [0.1, 0.15) is 13.8 Å². The van der Waals surface area contributed by atoms with E-state index in [1.54, 1.807) is 12.3 Å². The second-order valence-corrected chi connectivity index (χ2v) is 3.60. The second kappa shape index (κ2) is 4.77. The van der Waals surface area contributed by atoms with E-state index in [9.17, 15) is 4.79 Å². The van der Waals surface area contributed by atoms with Gasteiger partial charge in [-0.2, -0.15) is 0 Å². The van der Waals surface area contributed by atoms with Gasteiger partial charge in [0.2, 0.25) is 0 Å². The van der Waals surface area contributed by atoms with Crippen molar-refractivity contribution in [1.82, 2.24) is 5.32 Å². The summed E-state index contributed by atoms with van der Waals surface area (Å²) in [4.78, 5) is 11.8. The summed E-state index contributed by atoms with van der Waals surface area (Å²) in [5.74, 6) is 0.109. The highest BCUT2D eigenvalue weighted by Gasteiger charge is 2.20. The summed E-state index contributed by atoms with van der Waals surface area (Å²) in [5.41, 5.74) is 6.32. The van der Waals surface area contributed by atoms with Crippen LogP contribution < -0.4 is 11.1 Å². The Bertz CT molecular complexity index is 300. The van der Waals surface area contributed by atoms with Crippen LogP contribution in [0.15, 0.2) is 36.2 Å². The second-order valence-electron chi connectivity index (χ2n) is 3.60. The van der Waals surface area contributed by atoms with Gasteiger partial charge in [0.15, 0.2) is 5.78 Å². The minimum absolute atomic E-state index is 0.0452. The predicted octanol–water partition coefficient (Wildman–Crippen LogP) is 1.10. The van der Waals surface area contributed by atoms with Gasteiger partial charge in [-0.05, 0) is 18.1 Å². The first-order chi connectivity index (χ1) is 6.63. The Balaban J connectivity index is 2.74. The fourth-order valence-corrected chi connectivity index (χ4v) is 1.09. The van der Waals surface area contributed by atoms with Crippen molar-refractivity contribution in [2.75, 3.05) is 0 Å². The zero-order valence-corrected chi connectivity index (χ0v) is 8.53. The van der Waals surface area contributed by atoms with Crippen molar-refractivity contribution in [3.8, 4) is 0 Å². The van der Waals surface area contributed by atoms with Crippen LogP contribution >= 0.6 is 0 Å². The molecule has 76 valence electrons. The standard InChI is InChI=1S/C11H16N2O/c1-8(2)10(12)11(14)9-6-4-3-5-7-13-9/h3-8,10,13H,12H2,1-2H3/t10-/m0/s1. The van der Waals surface area contributed by atoms with E-state index in [4.69, 9.17) is 5.73 Å². The summed E-state index contributed by atoms with van der Waals surface area (Å²) in [7, 11) is 0. The summed E-state index contributed by atoms with van der Waals surface area (Å²) in [5, 5.41) is 2.91. The monoisotopic (exact) mass is 192 g/mol. The molecule has 3 N–H and O–H groups in total. The average Bonchev–Trinajstić information content (AvgIpc) is 2.43. The molecule has 0 unspecified atom stereocenters. The molecule has 0 aliphatic carbocycles. The molecule has 0 spiro atoms. The van der Waals surface area contributed by atoms with E-state index in [2.05, 4.69) is 5.32 Å². The minimum Gasteiger partial charge on any atom is -0.359 e. The van der Waals surface area contributed by atoms with Crippen molar-refractivity contribution in [2.24, 2.45) is 11.7 Å². The normalized spacial score (nSPS) is 17.3. The van der Waals surface area contributed by atoms with Crippen LogP contribution in [0.3, 0.4) is 0 Å². The maximum absolute atomic E-state index is 11.8. The predicted molar refractivity (Wildman–Crippen MR) is 57.3 cm³/mol. The molecule has 0 amide bonds. The molecule has 1 atom stereocenters. The van der Waals surface area contributed by atoms with Crippen LogP contribution in [-0.4, -0.2) is 11.8 Å². The number of nitrogens with one attached hydrogen (secondary N) is 1. The molecule has 1 aliphatic heterocycles. The number of ketones is 1. The molecule has 3 heteroatoms. The molecule has 0 aromatic heterocycles. The molecule has 14 heavy (non-hydrogen) atoms. The lowest BCUT2D eigenvalue weighted by Gasteiger charge is -2.15. The van der Waals surface area contributed by atoms with E-state index >= 15 is 0 Å². The molecular formula is C11H16N2O. The highest BCUT2D eigenvalue weighted by molar-refractivity contribution is 5.99. The molecule has 0 saturated carbocycles. The molecular weight excluding hydrogens is 176 g/mol. The van der Waals surface area contributed by atoms with Crippen LogP contribution in [0.4, 0.5) is 0 Å². The van der Waals surface area contributed by atoms with Gasteiger partial charge in [-0.25, -0.2) is 0 Å². The number of carbonyl (C=O) groups excluding carboxylic acids is 1. The lowest BCUT2D eigenvalue weighted by Crippen LogP contribution is -2.38. The van der Waals surface area contributed by atoms with Crippen LogP contribution in [0.2, 0.25) is 0 Å². The smallest absolute Gasteiger partial charge is 0.195 e. The molecule has 0 fully saturated rings. The number of allylic oxidation sites excluding steroid dienone is 4. The Morgan fingerprint density at radius 3 is 2.71 bits per heavy atom. The van der Waals surface area contributed by atoms with E-state index in [0.29, 0.717) is 5.70 Å². The van der Waals surface area contributed by atoms with Crippen molar-refractivity contribution in [3.05, 3.63) is 36.2 Å². The van der Waals surface area contributed by atoms with Crippen molar-refractivity contribution in [3.63, 3.8) is 0 Å². The van der Waals surface area contributed by atoms with E-state index < -0.39 is 6.04 Å². The number of nitrogens with two attached hydrogens (primary N) is 1. The van der Waals surface area contributed by atoms with Crippen molar-refractivity contribution in [2.45, 2.75) is 19.9 Å². The SMILES string of the molecule is CC(C)[C@H](N)C(=O)C1=CC=CC=CN1. The highest BCUT2D eigenvalue weighted by Crippen LogP contribution is 2.06. The topological polar surface area (TPSA) is 55.1 Å². The van der Waals surface area contributed by atoms with Gasteiger partial charge in [0.1, 0.15) is 0 Å². The number of rotatable bonds is 3. The summed E-state index contributed by atoms with van der Waals surface area (Å²) >= 11 is 0. The lowest BCUT2D eigenvalue weighted by atomic mass is 9.99. The third-order valence-corrected chi connectivity index (χ3v) is 2.11. The van der Waals surface area contributed by atoms with Gasteiger partial charge in [-0.3, -0.25) is 4.79 Å². The molecule has 0 aromatic carbocycles. The van der Waals surface area contributed by atoms with Crippen LogP contribution in [0, 0.1) is 5.92 Å². The molecule has 1 heterocycles. The fraction of sp³-hybridized carbons (Fsp3) is 0.364. The maximum atomic E-state index is 11.8. The first-order valence-corrected chi connectivity index (χ1v) is 4.72. The Kier molecular flexibility index (Phi) is 3.65. The Hall–Kier alpha value is -1.35. The maximum Gasteiger partial charge on any atom is 0.195 e. The molecule has 0 radical (unpaired) electrons. The van der Waals surface area contributed by atoms with Crippen molar-refractivity contribution < 1.29 is 4.79 Å². The zero-order chi connectivity index (χ0) is 10.6. The first-order valence-electron chi connectivity index (χ1n) is 4.72. The van der Waals surface area contributed by atoms with E-state index in [0.717, 1.165) is 0 Å². The molecule has 3 nitrogen and oxygen atoms in total. The van der Waals surface area contributed by atoms with Gasteiger partial charge < -0.3 is 11.1 Å². The lowest BCUT2D eigenvalue weighted by molar-refractivity contribution is -0.117. The summed E-state index contributed by atoms with van der Waals surface area (Å²) in [6.07, 6.45) is 8.97. The number of hydrogen-bond acceptors (Lipinski definition) is 3. The number of Topliss-reactive ketones (excluding diaryl/α,β-unsaturated/α-hetero) is 1. The first kappa shape index (κ1) is 10.7. The molecule has 0 bridgehead atoms. The molecule has 1 aliphatic rings. The van der Waals surface area contributed by atoms with E-state index in [1.807, 2.05) is 32.1 Å². The zero-order valence-electron chi connectivity index (χ0n) is 8.53. The summed E-state index contributed by atoms with van der Waals surface area (Å²) < 4.78 is 0. The average molecular weight is 192 g/mol. The van der Waals surface area contributed by atoms with Gasteiger partial charge in [0, 0.05) is 6.20 Å². The van der Waals surface area contributed by atoms with Crippen LogP contribution in [0.25, 0.3) is 0 Å². The molecule has 1 rings (SSSR count). The minimum atomic E-state index is -0.436. The van der Waals surface area contributed by atoms with Gasteiger partial charge in [-0.15, -0.1) is 0 Å². The van der Waals surface area contributed by atoms with E-state index in [-0.39, 0.29) is 11.7 Å². The highest BCUT2D eigenvalue weighted by atomic mass is 16.1. The Labute approximate surface area is 84.4 Å². The number of hydrogen-bond donors (Lipinski definition) is 2. The third kappa shape index (κ3) is 2.57. The van der Waals surface area contributed by atoms with Gasteiger partial charge in [-0.1, -0.05) is 26.0 Å². The largest absolute Gasteiger partial charge is 0.359 e. The van der Waals surface area contributed by atoms with Crippen LogP contribution in [-0.2, 0) is 4.79 Å². The Morgan fingerprint density at radius 2 is 2.07 bits per heavy atom. The van der Waals surface area contributed by atoms with Gasteiger partial charge in [0.05, 0.1) is 11.7 Å². The fourth-order valence-electron chi connectivity index (χ4n) is 1.09. The third-order valence-electron chi connectivity index (χ3n) is 2.11. The Morgan fingerprint density at radius 1 is 1.36 bits per heavy atom. The molecule has 0 saturated heterocycles. The van der Waals surface area contributed by atoms with Gasteiger partial charge >= 0.3 is 0 Å². The summed E-state index contributed by atoms with van der Waals surface area (Å²) in [6, 6.07) is -0.436. The van der Waals surface area contributed by atoms with Crippen molar-refractivity contribution in [1.29, 1.82) is 0 Å². The van der Waals surface area contributed by atoms with Gasteiger partial charge in [0.25, 0.3) is 0 Å². The summed E-state index contributed by atoms with van der Waals surface area (Å²) in [6.45, 7) is 3.87. The van der Waals surface area contributed by atoms with E-state index in [1.165, 1.54) is 0 Å². The van der Waals surface area contributed by atoms with Crippen molar-refractivity contribution >= 4 is 5.78 Å². The van der Waals surface area contributed by atoms with Crippen LogP contribution in [0.5, 0.6) is 0 Å². The molecule has 0 aromatic rings. The number of carbonyl (C=O) groups is 1.